The molecule has 0 saturated carbocycles. The van der Waals surface area contributed by atoms with E-state index in [1.54, 1.807) is 26.0 Å². The molecule has 0 spiro atoms. The summed E-state index contributed by atoms with van der Waals surface area (Å²) < 4.78 is 41.7. The number of halogens is 1. The number of nitrogens with one attached hydrogen (secondary N) is 2. The molecule has 3 heterocycles. The molecule has 1 fully saturated rings. The number of aromatic nitrogens is 2. The average Bonchev–Trinajstić information content (AvgIpc) is 3.38. The molecule has 0 bridgehead atoms. The number of hydrogen-bond donors (Lipinski definition) is 2. The van der Waals surface area contributed by atoms with Crippen LogP contribution in [0.15, 0.2) is 53.4 Å². The van der Waals surface area contributed by atoms with Crippen LogP contribution in [-0.4, -0.2) is 67.0 Å². The summed E-state index contributed by atoms with van der Waals surface area (Å²) in [4.78, 5) is 17.4. The van der Waals surface area contributed by atoms with Crippen molar-refractivity contribution in [2.45, 2.75) is 30.8 Å². The molecule has 1 amide bonds. The Bertz CT molecular complexity index is 1400. The molecular formula is C25H29FN6O3S. The number of nitrogens with zero attached hydrogens (tertiary/aromatic N) is 4. The Kier molecular flexibility index (Phi) is 6.09. The van der Waals surface area contributed by atoms with E-state index < -0.39 is 21.4 Å². The number of anilines is 2. The van der Waals surface area contributed by atoms with Crippen molar-refractivity contribution in [3.05, 3.63) is 71.2 Å². The summed E-state index contributed by atoms with van der Waals surface area (Å²) in [6.45, 7) is 7.35. The molecule has 2 aliphatic rings. The van der Waals surface area contributed by atoms with Gasteiger partial charge in [0.2, 0.25) is 10.0 Å². The van der Waals surface area contributed by atoms with Crippen LogP contribution in [0, 0.1) is 5.82 Å². The van der Waals surface area contributed by atoms with Crippen molar-refractivity contribution in [2.24, 2.45) is 0 Å². The van der Waals surface area contributed by atoms with Gasteiger partial charge in [-0.1, -0.05) is 6.07 Å². The highest BCUT2D eigenvalue weighted by molar-refractivity contribution is 7.89. The number of carbonyl (C=O) groups is 1. The molecule has 2 aromatic carbocycles. The quantitative estimate of drug-likeness (QED) is 0.545. The minimum atomic E-state index is -4.00. The number of rotatable bonds is 5. The second-order valence-corrected chi connectivity index (χ2v) is 11.6. The van der Waals surface area contributed by atoms with E-state index in [9.17, 15) is 17.6 Å². The van der Waals surface area contributed by atoms with E-state index >= 15 is 0 Å². The smallest absolute Gasteiger partial charge is 0.256 e. The molecular weight excluding hydrogens is 483 g/mol. The summed E-state index contributed by atoms with van der Waals surface area (Å²) in [6.07, 6.45) is 0. The maximum absolute atomic E-state index is 13.7. The molecule has 5 rings (SSSR count). The number of hydrogen-bond acceptors (Lipinski definition) is 6. The van der Waals surface area contributed by atoms with Crippen LogP contribution in [0.4, 0.5) is 15.9 Å². The number of fused-ring (bicyclic) bond motifs is 1. The van der Waals surface area contributed by atoms with Crippen LogP contribution in [-0.2, 0) is 22.1 Å². The van der Waals surface area contributed by atoms with Gasteiger partial charge < -0.3 is 15.1 Å². The van der Waals surface area contributed by atoms with Crippen LogP contribution in [0.1, 0.15) is 35.5 Å². The highest BCUT2D eigenvalue weighted by Gasteiger charge is 2.47. The van der Waals surface area contributed by atoms with E-state index in [0.717, 1.165) is 37.9 Å². The summed E-state index contributed by atoms with van der Waals surface area (Å²) >= 11 is 0. The SMILES string of the molecule is CN1CCN(c2ccc(C(=O)Nc3n[nH]c4c3CN(S(=O)(=O)c3cccc(F)c3)C4(C)C)cc2)CC1. The zero-order valence-electron chi connectivity index (χ0n) is 20.5. The van der Waals surface area contributed by atoms with E-state index in [-0.39, 0.29) is 23.2 Å². The predicted octanol–water partition coefficient (Wildman–Crippen LogP) is 2.99. The van der Waals surface area contributed by atoms with Crippen molar-refractivity contribution >= 4 is 27.4 Å². The van der Waals surface area contributed by atoms with Gasteiger partial charge in [0.25, 0.3) is 5.91 Å². The topological polar surface area (TPSA) is 102 Å². The minimum absolute atomic E-state index is 0.00433. The van der Waals surface area contributed by atoms with E-state index in [0.29, 0.717) is 16.8 Å². The molecule has 1 aromatic heterocycles. The molecule has 0 aliphatic carbocycles. The maximum Gasteiger partial charge on any atom is 0.256 e. The average molecular weight is 513 g/mol. The van der Waals surface area contributed by atoms with Crippen LogP contribution in [0.3, 0.4) is 0 Å². The van der Waals surface area contributed by atoms with E-state index in [2.05, 4.69) is 32.4 Å². The van der Waals surface area contributed by atoms with Gasteiger partial charge in [0, 0.05) is 49.5 Å². The predicted molar refractivity (Wildman–Crippen MR) is 135 cm³/mol. The second kappa shape index (κ2) is 8.99. The fourth-order valence-corrected chi connectivity index (χ4v) is 6.56. The van der Waals surface area contributed by atoms with E-state index in [4.69, 9.17) is 0 Å². The van der Waals surface area contributed by atoms with Gasteiger partial charge in [-0.3, -0.25) is 9.89 Å². The Morgan fingerprint density at radius 2 is 1.78 bits per heavy atom. The number of amides is 1. The maximum atomic E-state index is 13.7. The van der Waals surface area contributed by atoms with Crippen LogP contribution in [0.25, 0.3) is 0 Å². The molecule has 11 heteroatoms. The van der Waals surface area contributed by atoms with Crippen molar-refractivity contribution in [3.8, 4) is 0 Å². The molecule has 1 saturated heterocycles. The number of piperazine rings is 1. The molecule has 3 aromatic rings. The van der Waals surface area contributed by atoms with Crippen molar-refractivity contribution < 1.29 is 17.6 Å². The number of H-pyrrole nitrogens is 1. The summed E-state index contributed by atoms with van der Waals surface area (Å²) in [6, 6.07) is 12.4. The lowest BCUT2D eigenvalue weighted by Crippen LogP contribution is -2.44. The number of likely N-dealkylation sites (N-methyl/N-ethyl adjacent to an activating group) is 1. The fraction of sp³-hybridized carbons (Fsp3) is 0.360. The number of aromatic amines is 1. The summed E-state index contributed by atoms with van der Waals surface area (Å²) in [5.41, 5.74) is 1.75. The lowest BCUT2D eigenvalue weighted by atomic mass is 10.0. The molecule has 2 aliphatic heterocycles. The van der Waals surface area contributed by atoms with Gasteiger partial charge in [0.1, 0.15) is 5.82 Å². The Labute approximate surface area is 209 Å². The van der Waals surface area contributed by atoms with Gasteiger partial charge >= 0.3 is 0 Å². The van der Waals surface area contributed by atoms with Crippen LogP contribution >= 0.6 is 0 Å². The standard InChI is InChI=1S/C25H29FN6O3S/c1-25(2)22-21(16-32(25)36(34,35)20-6-4-5-18(26)15-20)23(29-28-22)27-24(33)17-7-9-19(10-8-17)31-13-11-30(3)12-14-31/h4-10,15H,11-14,16H2,1-3H3,(H2,27,28,29,33). The Morgan fingerprint density at radius 1 is 1.08 bits per heavy atom. The Hall–Kier alpha value is -3.28. The third-order valence-electron chi connectivity index (χ3n) is 7.02. The summed E-state index contributed by atoms with van der Waals surface area (Å²) in [7, 11) is -1.89. The first-order chi connectivity index (χ1) is 17.1. The second-order valence-electron chi connectivity index (χ2n) is 9.75. The molecule has 36 heavy (non-hydrogen) atoms. The lowest BCUT2D eigenvalue weighted by Gasteiger charge is -2.34. The first-order valence-corrected chi connectivity index (χ1v) is 13.2. The highest BCUT2D eigenvalue weighted by atomic mass is 32.2. The lowest BCUT2D eigenvalue weighted by molar-refractivity contribution is 0.102. The monoisotopic (exact) mass is 512 g/mol. The van der Waals surface area contributed by atoms with Crippen LogP contribution in [0.2, 0.25) is 0 Å². The Morgan fingerprint density at radius 3 is 2.44 bits per heavy atom. The van der Waals surface area contributed by atoms with Crippen molar-refractivity contribution in [1.29, 1.82) is 0 Å². The van der Waals surface area contributed by atoms with Crippen molar-refractivity contribution in [1.82, 2.24) is 19.4 Å². The van der Waals surface area contributed by atoms with Crippen molar-refractivity contribution in [2.75, 3.05) is 43.4 Å². The van der Waals surface area contributed by atoms with Crippen molar-refractivity contribution in [3.63, 3.8) is 0 Å². The molecule has 9 nitrogen and oxygen atoms in total. The third kappa shape index (κ3) is 4.27. The number of sulfonamides is 1. The van der Waals surface area contributed by atoms with Gasteiger partial charge in [0.05, 0.1) is 16.1 Å². The normalized spacial score (nSPS) is 18.3. The highest BCUT2D eigenvalue weighted by Crippen LogP contribution is 2.43. The van der Waals surface area contributed by atoms with E-state index in [1.165, 1.54) is 22.5 Å². The first kappa shape index (κ1) is 24.4. The molecule has 190 valence electrons. The van der Waals surface area contributed by atoms with Crippen LogP contribution in [0.5, 0.6) is 0 Å². The first-order valence-electron chi connectivity index (χ1n) is 11.8. The zero-order chi connectivity index (χ0) is 25.7. The van der Waals surface area contributed by atoms with Gasteiger partial charge in [-0.05, 0) is 63.4 Å². The van der Waals surface area contributed by atoms with Gasteiger partial charge in [-0.2, -0.15) is 9.40 Å². The largest absolute Gasteiger partial charge is 0.369 e. The molecule has 0 radical (unpaired) electrons. The fourth-order valence-electron chi connectivity index (χ4n) is 4.80. The molecule has 0 atom stereocenters. The molecule has 2 N–H and O–H groups in total. The summed E-state index contributed by atoms with van der Waals surface area (Å²) in [5, 5.41) is 9.97. The zero-order valence-corrected chi connectivity index (χ0v) is 21.3. The van der Waals surface area contributed by atoms with Gasteiger partial charge in [0.15, 0.2) is 5.82 Å². The minimum Gasteiger partial charge on any atom is -0.369 e. The summed E-state index contributed by atoms with van der Waals surface area (Å²) in [5.74, 6) is -0.679. The molecule has 0 unspecified atom stereocenters. The van der Waals surface area contributed by atoms with Gasteiger partial charge in [-0.15, -0.1) is 0 Å². The van der Waals surface area contributed by atoms with E-state index in [1.807, 2.05) is 12.1 Å². The van der Waals surface area contributed by atoms with Gasteiger partial charge in [-0.25, -0.2) is 12.8 Å². The Balaban J connectivity index is 1.34. The van der Waals surface area contributed by atoms with Crippen LogP contribution < -0.4 is 10.2 Å². The number of carbonyl (C=O) groups excluding carboxylic acids is 1. The third-order valence-corrected chi connectivity index (χ3v) is 9.03. The number of benzene rings is 2.